The Morgan fingerprint density at radius 1 is 1.17 bits per heavy atom. The molecule has 0 radical (unpaired) electrons. The summed E-state index contributed by atoms with van der Waals surface area (Å²) in [5.74, 6) is -0.445. The fourth-order valence-electron chi connectivity index (χ4n) is 4.13. The zero-order valence-corrected chi connectivity index (χ0v) is 21.2. The van der Waals surface area contributed by atoms with E-state index in [1.807, 2.05) is 45.0 Å². The molecule has 1 fully saturated rings. The molecule has 0 saturated carbocycles. The van der Waals surface area contributed by atoms with Gasteiger partial charge in [0.15, 0.2) is 0 Å². The summed E-state index contributed by atoms with van der Waals surface area (Å²) in [7, 11) is 0. The van der Waals surface area contributed by atoms with E-state index in [2.05, 4.69) is 15.2 Å². The van der Waals surface area contributed by atoms with E-state index in [0.29, 0.717) is 30.8 Å². The highest BCUT2D eigenvalue weighted by molar-refractivity contribution is 7.18. The molecular formula is C25H31N5O4S. The molecule has 1 N–H and O–H groups in total. The first-order valence-electron chi connectivity index (χ1n) is 11.8. The van der Waals surface area contributed by atoms with Crippen LogP contribution >= 0.6 is 11.3 Å². The number of nitrogens with one attached hydrogen (secondary N) is 1. The van der Waals surface area contributed by atoms with Crippen LogP contribution in [-0.4, -0.2) is 65.7 Å². The van der Waals surface area contributed by atoms with E-state index >= 15 is 0 Å². The number of hydrogen-bond donors (Lipinski definition) is 1. The van der Waals surface area contributed by atoms with E-state index in [-0.39, 0.29) is 36.9 Å². The van der Waals surface area contributed by atoms with Crippen molar-refractivity contribution in [2.24, 2.45) is 0 Å². The van der Waals surface area contributed by atoms with Crippen LogP contribution in [0.1, 0.15) is 23.8 Å². The summed E-state index contributed by atoms with van der Waals surface area (Å²) in [5.41, 5.74) is 2.58. The predicted octanol–water partition coefficient (Wildman–Crippen LogP) is 2.79. The first-order chi connectivity index (χ1) is 16.9. The lowest BCUT2D eigenvalue weighted by molar-refractivity contribution is -0.134. The SMILES string of the molecule is CCN(CC(=O)Nc1ccc(N2CCOCC2)cc1)C(=O)CCn1cnc2sc(C)c(C)c2c1=O. The molecule has 0 atom stereocenters. The maximum absolute atomic E-state index is 12.9. The first kappa shape index (κ1) is 24.9. The number of anilines is 2. The molecule has 2 aromatic heterocycles. The number of hydrogen-bond acceptors (Lipinski definition) is 7. The van der Waals surface area contributed by atoms with Gasteiger partial charge in [-0.05, 0) is 50.6 Å². The van der Waals surface area contributed by atoms with Crippen LogP contribution in [0.15, 0.2) is 35.4 Å². The molecule has 2 amide bonds. The molecule has 1 aliphatic heterocycles. The number of carbonyl (C=O) groups excluding carboxylic acids is 2. The Morgan fingerprint density at radius 2 is 1.89 bits per heavy atom. The van der Waals surface area contributed by atoms with Gasteiger partial charge >= 0.3 is 0 Å². The van der Waals surface area contributed by atoms with Crippen LogP contribution in [0.3, 0.4) is 0 Å². The van der Waals surface area contributed by atoms with Crippen molar-refractivity contribution in [2.45, 2.75) is 33.7 Å². The molecule has 1 aliphatic rings. The molecule has 186 valence electrons. The summed E-state index contributed by atoms with van der Waals surface area (Å²) in [4.78, 5) is 48.1. The third-order valence-electron chi connectivity index (χ3n) is 6.32. The van der Waals surface area contributed by atoms with Crippen molar-refractivity contribution in [1.29, 1.82) is 0 Å². The summed E-state index contributed by atoms with van der Waals surface area (Å²) in [5, 5.41) is 3.48. The summed E-state index contributed by atoms with van der Waals surface area (Å²) in [6.45, 7) is 9.42. The third kappa shape index (κ3) is 5.71. The van der Waals surface area contributed by atoms with Crippen molar-refractivity contribution < 1.29 is 14.3 Å². The number of fused-ring (bicyclic) bond motifs is 1. The largest absolute Gasteiger partial charge is 0.378 e. The van der Waals surface area contributed by atoms with Crippen LogP contribution < -0.4 is 15.8 Å². The van der Waals surface area contributed by atoms with Gasteiger partial charge < -0.3 is 19.9 Å². The van der Waals surface area contributed by atoms with Gasteiger partial charge in [-0.15, -0.1) is 11.3 Å². The molecule has 0 aliphatic carbocycles. The number of rotatable bonds is 8. The van der Waals surface area contributed by atoms with Crippen LogP contribution in [0.5, 0.6) is 0 Å². The molecule has 4 rings (SSSR count). The Bertz CT molecular complexity index is 1260. The number of aromatic nitrogens is 2. The number of carbonyl (C=O) groups is 2. The Balaban J connectivity index is 1.32. The highest BCUT2D eigenvalue weighted by Gasteiger charge is 2.18. The topological polar surface area (TPSA) is 96.8 Å². The predicted molar refractivity (Wildman–Crippen MR) is 138 cm³/mol. The van der Waals surface area contributed by atoms with E-state index in [9.17, 15) is 14.4 Å². The van der Waals surface area contributed by atoms with E-state index in [1.54, 1.807) is 0 Å². The van der Waals surface area contributed by atoms with Gasteiger partial charge in [-0.1, -0.05) is 0 Å². The molecule has 3 heterocycles. The minimum absolute atomic E-state index is 0.0461. The molecule has 1 saturated heterocycles. The number of morpholine rings is 1. The molecule has 35 heavy (non-hydrogen) atoms. The average molecular weight is 498 g/mol. The van der Waals surface area contributed by atoms with Crippen molar-refractivity contribution in [3.63, 3.8) is 0 Å². The van der Waals surface area contributed by atoms with Crippen LogP contribution in [0.4, 0.5) is 11.4 Å². The van der Waals surface area contributed by atoms with Crippen LogP contribution in [0.25, 0.3) is 10.2 Å². The van der Waals surface area contributed by atoms with Crippen LogP contribution in [0, 0.1) is 13.8 Å². The van der Waals surface area contributed by atoms with Crippen molar-refractivity contribution >= 4 is 44.7 Å². The fraction of sp³-hybridized carbons (Fsp3) is 0.440. The van der Waals surface area contributed by atoms with Crippen molar-refractivity contribution in [3.05, 3.63) is 51.4 Å². The number of nitrogens with zero attached hydrogens (tertiary/aromatic N) is 4. The van der Waals surface area contributed by atoms with Crippen molar-refractivity contribution in [3.8, 4) is 0 Å². The molecule has 0 unspecified atom stereocenters. The van der Waals surface area contributed by atoms with Gasteiger partial charge in [-0.25, -0.2) is 4.98 Å². The van der Waals surface area contributed by atoms with Crippen molar-refractivity contribution in [1.82, 2.24) is 14.5 Å². The van der Waals surface area contributed by atoms with Gasteiger partial charge in [0, 0.05) is 48.9 Å². The first-order valence-corrected chi connectivity index (χ1v) is 12.6. The Kier molecular flexibility index (Phi) is 7.82. The molecule has 10 heteroatoms. The normalized spacial score (nSPS) is 13.7. The minimum atomic E-state index is -0.260. The van der Waals surface area contributed by atoms with Crippen LogP contribution in [-0.2, 0) is 20.9 Å². The molecule has 1 aromatic carbocycles. The Hall–Kier alpha value is -3.24. The lowest BCUT2D eigenvalue weighted by Gasteiger charge is -2.29. The number of likely N-dealkylation sites (N-methyl/N-ethyl adjacent to an activating group) is 1. The molecule has 9 nitrogen and oxygen atoms in total. The highest BCUT2D eigenvalue weighted by atomic mass is 32.1. The maximum Gasteiger partial charge on any atom is 0.262 e. The summed E-state index contributed by atoms with van der Waals surface area (Å²) >= 11 is 1.50. The van der Waals surface area contributed by atoms with Gasteiger partial charge in [0.05, 0.1) is 31.5 Å². The van der Waals surface area contributed by atoms with Gasteiger partial charge in [-0.2, -0.15) is 0 Å². The van der Waals surface area contributed by atoms with Crippen molar-refractivity contribution in [2.75, 3.05) is 49.6 Å². The molecule has 0 spiro atoms. The maximum atomic E-state index is 12.9. The van der Waals surface area contributed by atoms with E-state index in [4.69, 9.17) is 4.74 Å². The lowest BCUT2D eigenvalue weighted by Crippen LogP contribution is -2.38. The third-order valence-corrected chi connectivity index (χ3v) is 7.43. The monoisotopic (exact) mass is 497 g/mol. The average Bonchev–Trinajstić information content (AvgIpc) is 3.16. The second-order valence-electron chi connectivity index (χ2n) is 8.56. The van der Waals surface area contributed by atoms with E-state index in [0.717, 1.165) is 34.0 Å². The highest BCUT2D eigenvalue weighted by Crippen LogP contribution is 2.25. The Labute approximate surface area is 208 Å². The zero-order chi connectivity index (χ0) is 24.9. The van der Waals surface area contributed by atoms with E-state index in [1.165, 1.54) is 27.1 Å². The fourth-order valence-corrected chi connectivity index (χ4v) is 5.12. The quantitative estimate of drug-likeness (QED) is 0.514. The number of benzene rings is 1. The second kappa shape index (κ2) is 11.0. The van der Waals surface area contributed by atoms with Gasteiger partial charge in [0.2, 0.25) is 11.8 Å². The van der Waals surface area contributed by atoms with Gasteiger partial charge in [0.25, 0.3) is 5.56 Å². The smallest absolute Gasteiger partial charge is 0.262 e. The minimum Gasteiger partial charge on any atom is -0.378 e. The van der Waals surface area contributed by atoms with Gasteiger partial charge in [-0.3, -0.25) is 19.0 Å². The summed E-state index contributed by atoms with van der Waals surface area (Å²) < 4.78 is 6.86. The number of aryl methyl sites for hydroxylation is 3. The zero-order valence-electron chi connectivity index (χ0n) is 20.4. The summed E-state index contributed by atoms with van der Waals surface area (Å²) in [6.07, 6.45) is 1.61. The lowest BCUT2D eigenvalue weighted by atomic mass is 10.2. The molecule has 0 bridgehead atoms. The summed E-state index contributed by atoms with van der Waals surface area (Å²) in [6, 6.07) is 7.68. The second-order valence-corrected chi connectivity index (χ2v) is 9.76. The van der Waals surface area contributed by atoms with Crippen LogP contribution in [0.2, 0.25) is 0 Å². The standard InChI is InChI=1S/C25H31N5O4S/c1-4-28(15-21(31)27-19-5-7-20(8-6-19)29-11-13-34-14-12-29)22(32)9-10-30-16-26-24-23(25(30)33)17(2)18(3)35-24/h5-8,16H,4,9-15H2,1-3H3,(H,27,31). The number of amides is 2. The number of ether oxygens (including phenoxy) is 1. The van der Waals surface area contributed by atoms with E-state index < -0.39 is 0 Å². The molecule has 3 aromatic rings. The number of thiophene rings is 1. The van der Waals surface area contributed by atoms with Gasteiger partial charge in [0.1, 0.15) is 4.83 Å². The molecular weight excluding hydrogens is 466 g/mol. The Morgan fingerprint density at radius 3 is 2.57 bits per heavy atom.